The summed E-state index contributed by atoms with van der Waals surface area (Å²) in [5.41, 5.74) is 1.78. The van der Waals surface area contributed by atoms with E-state index in [0.29, 0.717) is 19.0 Å². The summed E-state index contributed by atoms with van der Waals surface area (Å²) in [7, 11) is 1.70. The molecule has 6 nitrogen and oxygen atoms in total. The number of hydrogen-bond acceptors (Lipinski definition) is 6. The van der Waals surface area contributed by atoms with Crippen molar-refractivity contribution in [1.82, 2.24) is 15.0 Å². The highest BCUT2D eigenvalue weighted by Crippen LogP contribution is 2.26. The zero-order valence-corrected chi connectivity index (χ0v) is 13.3. The van der Waals surface area contributed by atoms with E-state index in [-0.39, 0.29) is 12.1 Å². The molecule has 0 spiro atoms. The van der Waals surface area contributed by atoms with E-state index in [2.05, 4.69) is 15.3 Å². The second-order valence-corrected chi connectivity index (χ2v) is 5.72. The maximum absolute atomic E-state index is 5.52. The highest BCUT2D eigenvalue weighted by molar-refractivity contribution is 5.90. The van der Waals surface area contributed by atoms with Gasteiger partial charge in [0.25, 0.3) is 0 Å². The first-order valence-electron chi connectivity index (χ1n) is 7.89. The van der Waals surface area contributed by atoms with E-state index in [1.54, 1.807) is 19.5 Å². The first-order chi connectivity index (χ1) is 11.8. The number of ether oxygens (including phenoxy) is 2. The molecule has 122 valence electrons. The van der Waals surface area contributed by atoms with Crippen LogP contribution in [-0.4, -0.2) is 47.4 Å². The molecule has 0 amide bonds. The summed E-state index contributed by atoms with van der Waals surface area (Å²) in [6.07, 6.45) is 3.52. The van der Waals surface area contributed by atoms with Crippen LogP contribution in [0, 0.1) is 0 Å². The summed E-state index contributed by atoms with van der Waals surface area (Å²) < 4.78 is 11.0. The van der Waals surface area contributed by atoms with Gasteiger partial charge in [-0.1, -0.05) is 12.1 Å². The molecule has 4 rings (SSSR count). The van der Waals surface area contributed by atoms with Crippen molar-refractivity contribution in [3.8, 4) is 11.4 Å². The fraction of sp³-hybridized carbons (Fsp3) is 0.278. The zero-order valence-electron chi connectivity index (χ0n) is 13.3. The van der Waals surface area contributed by atoms with E-state index in [0.717, 1.165) is 22.3 Å². The molecule has 1 aliphatic heterocycles. The van der Waals surface area contributed by atoms with Crippen molar-refractivity contribution in [2.75, 3.05) is 25.6 Å². The maximum Gasteiger partial charge on any atom is 0.163 e. The van der Waals surface area contributed by atoms with Gasteiger partial charge in [-0.25, -0.2) is 9.97 Å². The lowest BCUT2D eigenvalue weighted by atomic mass is 10.1. The largest absolute Gasteiger partial charge is 0.377 e. The fourth-order valence-electron chi connectivity index (χ4n) is 2.89. The number of nitrogens with zero attached hydrogens (tertiary/aromatic N) is 3. The van der Waals surface area contributed by atoms with Crippen LogP contribution in [-0.2, 0) is 9.47 Å². The van der Waals surface area contributed by atoms with Crippen molar-refractivity contribution in [3.63, 3.8) is 0 Å². The number of benzene rings is 1. The molecule has 1 fully saturated rings. The lowest BCUT2D eigenvalue weighted by Gasteiger charge is -2.19. The van der Waals surface area contributed by atoms with E-state index >= 15 is 0 Å². The molecule has 2 atom stereocenters. The minimum Gasteiger partial charge on any atom is -0.377 e. The zero-order chi connectivity index (χ0) is 16.4. The quantitative estimate of drug-likeness (QED) is 0.796. The van der Waals surface area contributed by atoms with Crippen molar-refractivity contribution in [3.05, 3.63) is 48.8 Å². The first-order valence-corrected chi connectivity index (χ1v) is 7.89. The molecule has 24 heavy (non-hydrogen) atoms. The van der Waals surface area contributed by atoms with Gasteiger partial charge in [-0.2, -0.15) is 0 Å². The second-order valence-electron chi connectivity index (χ2n) is 5.72. The minimum absolute atomic E-state index is 0.0144. The van der Waals surface area contributed by atoms with Gasteiger partial charge < -0.3 is 14.8 Å². The van der Waals surface area contributed by atoms with Crippen molar-refractivity contribution in [2.24, 2.45) is 0 Å². The third kappa shape index (κ3) is 2.81. The lowest BCUT2D eigenvalue weighted by Crippen LogP contribution is -2.33. The summed E-state index contributed by atoms with van der Waals surface area (Å²) in [6.45, 7) is 1.19. The van der Waals surface area contributed by atoms with Crippen molar-refractivity contribution in [2.45, 2.75) is 12.1 Å². The summed E-state index contributed by atoms with van der Waals surface area (Å²) in [5.74, 6) is 1.44. The molecule has 0 unspecified atom stereocenters. The van der Waals surface area contributed by atoms with E-state index < -0.39 is 0 Å². The van der Waals surface area contributed by atoms with E-state index in [9.17, 15) is 0 Å². The maximum atomic E-state index is 5.52. The Kier molecular flexibility index (Phi) is 4.06. The standard InChI is InChI=1S/C18H18N4O2/c1-23-16-11-24-10-15(16)21-18-13-6-2-3-7-14(13)20-17(22-18)12-5-4-8-19-9-12/h2-9,15-16H,10-11H2,1H3,(H,20,21,22)/t15-,16+/m0/s1. The molecule has 2 aromatic heterocycles. The normalized spacial score (nSPS) is 20.4. The molecule has 1 N–H and O–H groups in total. The number of pyridine rings is 1. The number of hydrogen-bond donors (Lipinski definition) is 1. The third-order valence-electron chi connectivity index (χ3n) is 4.18. The van der Waals surface area contributed by atoms with Gasteiger partial charge >= 0.3 is 0 Å². The predicted octanol–water partition coefficient (Wildman–Crippen LogP) is 2.52. The number of fused-ring (bicyclic) bond motifs is 1. The molecule has 6 heteroatoms. The molecular formula is C18H18N4O2. The topological polar surface area (TPSA) is 69.2 Å². The molecule has 0 bridgehead atoms. The third-order valence-corrected chi connectivity index (χ3v) is 4.18. The number of methoxy groups -OCH3 is 1. The number of aromatic nitrogens is 3. The van der Waals surface area contributed by atoms with Gasteiger partial charge in [-0.3, -0.25) is 4.98 Å². The van der Waals surface area contributed by atoms with Crippen LogP contribution in [0.4, 0.5) is 5.82 Å². The molecule has 0 saturated carbocycles. The average Bonchev–Trinajstić information content (AvgIpc) is 3.09. The summed E-state index contributed by atoms with van der Waals surface area (Å²) >= 11 is 0. The number of anilines is 1. The Morgan fingerprint density at radius 3 is 2.88 bits per heavy atom. The van der Waals surface area contributed by atoms with Gasteiger partial charge in [0.1, 0.15) is 11.9 Å². The smallest absolute Gasteiger partial charge is 0.163 e. The van der Waals surface area contributed by atoms with Crippen LogP contribution >= 0.6 is 0 Å². The predicted molar refractivity (Wildman–Crippen MR) is 91.8 cm³/mol. The second kappa shape index (κ2) is 6.51. The summed E-state index contributed by atoms with van der Waals surface area (Å²) in [5, 5.41) is 4.45. The Morgan fingerprint density at radius 1 is 1.12 bits per heavy atom. The summed E-state index contributed by atoms with van der Waals surface area (Å²) in [4.78, 5) is 13.6. The molecule has 1 saturated heterocycles. The van der Waals surface area contributed by atoms with E-state index in [1.165, 1.54) is 0 Å². The van der Waals surface area contributed by atoms with Gasteiger partial charge in [-0.05, 0) is 24.3 Å². The minimum atomic E-state index is 0.0144. The highest BCUT2D eigenvalue weighted by Gasteiger charge is 2.29. The van der Waals surface area contributed by atoms with Gasteiger partial charge in [-0.15, -0.1) is 0 Å². The highest BCUT2D eigenvalue weighted by atomic mass is 16.5. The van der Waals surface area contributed by atoms with Crippen molar-refractivity contribution in [1.29, 1.82) is 0 Å². The molecule has 3 aromatic rings. The van der Waals surface area contributed by atoms with Crippen LogP contribution in [0.1, 0.15) is 0 Å². The molecule has 3 heterocycles. The average molecular weight is 322 g/mol. The number of rotatable bonds is 4. The van der Waals surface area contributed by atoms with Gasteiger partial charge in [0, 0.05) is 30.5 Å². The van der Waals surface area contributed by atoms with Crippen LogP contribution in [0.15, 0.2) is 48.8 Å². The van der Waals surface area contributed by atoms with E-state index in [4.69, 9.17) is 14.5 Å². The Hall–Kier alpha value is -2.57. The van der Waals surface area contributed by atoms with Crippen LogP contribution in [0.3, 0.4) is 0 Å². The Balaban J connectivity index is 1.78. The van der Waals surface area contributed by atoms with Crippen molar-refractivity contribution >= 4 is 16.7 Å². The van der Waals surface area contributed by atoms with Gasteiger partial charge in [0.2, 0.25) is 0 Å². The summed E-state index contributed by atoms with van der Waals surface area (Å²) in [6, 6.07) is 11.9. The van der Waals surface area contributed by atoms with Crippen LogP contribution < -0.4 is 5.32 Å². The molecule has 1 aliphatic rings. The molecule has 1 aromatic carbocycles. The van der Waals surface area contributed by atoms with Crippen LogP contribution in [0.25, 0.3) is 22.3 Å². The number of para-hydroxylation sites is 1. The molecular weight excluding hydrogens is 304 g/mol. The molecule has 0 aliphatic carbocycles. The van der Waals surface area contributed by atoms with Crippen LogP contribution in [0.5, 0.6) is 0 Å². The number of nitrogens with one attached hydrogen (secondary N) is 1. The van der Waals surface area contributed by atoms with Crippen molar-refractivity contribution < 1.29 is 9.47 Å². The van der Waals surface area contributed by atoms with E-state index in [1.807, 2.05) is 36.4 Å². The van der Waals surface area contributed by atoms with Gasteiger partial charge in [0.05, 0.1) is 24.8 Å². The Labute approximate surface area is 139 Å². The SMILES string of the molecule is CO[C@@H]1COC[C@@H]1Nc1nc(-c2cccnc2)nc2ccccc12. The Morgan fingerprint density at radius 2 is 2.04 bits per heavy atom. The fourth-order valence-corrected chi connectivity index (χ4v) is 2.89. The Bertz CT molecular complexity index is 841. The van der Waals surface area contributed by atoms with Crippen LogP contribution in [0.2, 0.25) is 0 Å². The molecule has 0 radical (unpaired) electrons. The van der Waals surface area contributed by atoms with Gasteiger partial charge in [0.15, 0.2) is 5.82 Å². The lowest BCUT2D eigenvalue weighted by molar-refractivity contribution is 0.0795. The first kappa shape index (κ1) is 15.0. The monoisotopic (exact) mass is 322 g/mol.